The zero-order valence-corrected chi connectivity index (χ0v) is 17.4. The quantitative estimate of drug-likeness (QED) is 0.720. The number of amidine groups is 1. The van der Waals surface area contributed by atoms with Gasteiger partial charge >= 0.3 is 5.92 Å². The molecule has 1 atom stereocenters. The van der Waals surface area contributed by atoms with Gasteiger partial charge in [-0.1, -0.05) is 17.7 Å². The maximum absolute atomic E-state index is 15.5. The molecule has 0 radical (unpaired) electrons. The second kappa shape index (κ2) is 7.67. The third kappa shape index (κ3) is 3.81. The van der Waals surface area contributed by atoms with Gasteiger partial charge in [0, 0.05) is 18.2 Å². The lowest BCUT2D eigenvalue weighted by molar-refractivity contribution is -0.214. The van der Waals surface area contributed by atoms with Crippen LogP contribution in [-0.4, -0.2) is 34.7 Å². The molecule has 30 heavy (non-hydrogen) atoms. The van der Waals surface area contributed by atoms with E-state index >= 15 is 8.78 Å². The van der Waals surface area contributed by atoms with Crippen LogP contribution in [-0.2, 0) is 16.7 Å². The van der Waals surface area contributed by atoms with Gasteiger partial charge in [0.05, 0.1) is 5.02 Å². The van der Waals surface area contributed by atoms with Gasteiger partial charge in [0.25, 0.3) is 0 Å². The SMILES string of the molecule is CC1(C)OCC(N)=N[C@](C)(c2cc(CC(=O)c3ccc(Cl)cn3)ccc2F)C1(F)F. The molecule has 1 aliphatic heterocycles. The lowest BCUT2D eigenvalue weighted by Crippen LogP contribution is -2.56. The predicted octanol–water partition coefficient (Wildman–Crippen LogP) is 4.32. The number of nitrogens with zero attached hydrogens (tertiary/aromatic N) is 2. The van der Waals surface area contributed by atoms with E-state index in [1.165, 1.54) is 44.3 Å². The molecule has 0 saturated heterocycles. The largest absolute Gasteiger partial charge is 0.385 e. The molecular formula is C21H21ClF3N3O2. The molecule has 0 bridgehead atoms. The van der Waals surface area contributed by atoms with E-state index in [-0.39, 0.29) is 35.9 Å². The van der Waals surface area contributed by atoms with Crippen molar-refractivity contribution in [3.05, 3.63) is 64.2 Å². The van der Waals surface area contributed by atoms with Crippen LogP contribution >= 0.6 is 11.6 Å². The molecule has 1 aromatic heterocycles. The number of halogens is 4. The fraction of sp³-hybridized carbons (Fsp3) is 0.381. The molecule has 0 aliphatic carbocycles. The molecule has 0 fully saturated rings. The van der Waals surface area contributed by atoms with E-state index < -0.39 is 22.9 Å². The lowest BCUT2D eigenvalue weighted by Gasteiger charge is -2.42. The Morgan fingerprint density at radius 1 is 1.23 bits per heavy atom. The number of Topliss-reactive ketones (excluding diaryl/α,β-unsaturated/α-hetero) is 1. The van der Waals surface area contributed by atoms with Crippen molar-refractivity contribution in [2.45, 2.75) is 44.3 Å². The summed E-state index contributed by atoms with van der Waals surface area (Å²) in [5.74, 6) is -5.03. The summed E-state index contributed by atoms with van der Waals surface area (Å²) in [4.78, 5) is 20.4. The molecule has 3 rings (SSSR count). The maximum Gasteiger partial charge on any atom is 0.304 e. The van der Waals surface area contributed by atoms with E-state index in [1.54, 1.807) is 0 Å². The van der Waals surface area contributed by atoms with Crippen LogP contribution < -0.4 is 5.73 Å². The highest BCUT2D eigenvalue weighted by Crippen LogP contribution is 2.50. The maximum atomic E-state index is 15.5. The van der Waals surface area contributed by atoms with Crippen LogP contribution in [0.4, 0.5) is 13.2 Å². The number of carbonyl (C=O) groups is 1. The van der Waals surface area contributed by atoms with Crippen LogP contribution in [0.25, 0.3) is 0 Å². The average molecular weight is 440 g/mol. The predicted molar refractivity (Wildman–Crippen MR) is 108 cm³/mol. The van der Waals surface area contributed by atoms with Crippen LogP contribution in [0.2, 0.25) is 5.02 Å². The Balaban J connectivity index is 2.04. The number of hydrogen-bond acceptors (Lipinski definition) is 5. The smallest absolute Gasteiger partial charge is 0.304 e. The Morgan fingerprint density at radius 3 is 2.57 bits per heavy atom. The highest BCUT2D eigenvalue weighted by Gasteiger charge is 2.63. The second-order valence-corrected chi connectivity index (χ2v) is 8.26. The second-order valence-electron chi connectivity index (χ2n) is 7.82. The summed E-state index contributed by atoms with van der Waals surface area (Å²) in [5, 5.41) is 0.374. The van der Waals surface area contributed by atoms with Crippen molar-refractivity contribution in [3.63, 3.8) is 0 Å². The number of ether oxygens (including phenoxy) is 1. The fourth-order valence-electron chi connectivity index (χ4n) is 3.42. The highest BCUT2D eigenvalue weighted by atomic mass is 35.5. The molecule has 9 heteroatoms. The van der Waals surface area contributed by atoms with Gasteiger partial charge in [0.2, 0.25) is 0 Å². The summed E-state index contributed by atoms with van der Waals surface area (Å²) in [6.07, 6.45) is 1.17. The van der Waals surface area contributed by atoms with Crippen LogP contribution in [0.15, 0.2) is 41.5 Å². The van der Waals surface area contributed by atoms with Crippen molar-refractivity contribution < 1.29 is 22.7 Å². The zero-order valence-electron chi connectivity index (χ0n) is 16.7. The summed E-state index contributed by atoms with van der Waals surface area (Å²) < 4.78 is 51.0. The van der Waals surface area contributed by atoms with E-state index in [0.717, 1.165) is 13.0 Å². The van der Waals surface area contributed by atoms with Gasteiger partial charge in [-0.3, -0.25) is 14.8 Å². The van der Waals surface area contributed by atoms with E-state index in [2.05, 4.69) is 9.98 Å². The van der Waals surface area contributed by atoms with Gasteiger partial charge in [-0.15, -0.1) is 0 Å². The summed E-state index contributed by atoms with van der Waals surface area (Å²) in [7, 11) is 0. The Labute approximate surface area is 177 Å². The number of alkyl halides is 2. The molecule has 0 amide bonds. The number of hydrogen-bond donors (Lipinski definition) is 1. The fourth-order valence-corrected chi connectivity index (χ4v) is 3.53. The topological polar surface area (TPSA) is 77.6 Å². The monoisotopic (exact) mass is 439 g/mol. The first-order chi connectivity index (χ1) is 13.9. The Bertz CT molecular complexity index is 1010. The molecule has 5 nitrogen and oxygen atoms in total. The van der Waals surface area contributed by atoms with E-state index in [9.17, 15) is 9.18 Å². The van der Waals surface area contributed by atoms with Crippen molar-refractivity contribution in [1.29, 1.82) is 0 Å². The minimum Gasteiger partial charge on any atom is -0.385 e. The van der Waals surface area contributed by atoms with Crippen LogP contribution in [0.1, 0.15) is 42.4 Å². The number of rotatable bonds is 4. The van der Waals surface area contributed by atoms with Gasteiger partial charge < -0.3 is 10.5 Å². The summed E-state index contributed by atoms with van der Waals surface area (Å²) in [6, 6.07) is 6.60. The molecule has 160 valence electrons. The molecule has 2 aromatic rings. The van der Waals surface area contributed by atoms with Crippen molar-refractivity contribution in [1.82, 2.24) is 4.98 Å². The number of aliphatic imine (C=N–C) groups is 1. The standard InChI is InChI=1S/C21H21ClF3N3O2/c1-19(2)21(24,25)20(3,28-18(26)11-30-19)14-8-12(4-6-15(14)23)9-17(29)16-7-5-13(22)10-27-16/h4-8,10H,9,11H2,1-3H3,(H2,26,28)/t20-/m1/s1. The molecule has 1 aliphatic rings. The van der Waals surface area contributed by atoms with E-state index in [0.29, 0.717) is 10.6 Å². The molecule has 1 aromatic carbocycles. The Hall–Kier alpha value is -2.45. The van der Waals surface area contributed by atoms with Crippen molar-refractivity contribution in [3.8, 4) is 0 Å². The minimum atomic E-state index is -3.61. The first-order valence-electron chi connectivity index (χ1n) is 9.17. The Morgan fingerprint density at radius 2 is 1.93 bits per heavy atom. The van der Waals surface area contributed by atoms with Gasteiger partial charge in [0.1, 0.15) is 29.6 Å². The van der Waals surface area contributed by atoms with Crippen molar-refractivity contribution in [2.24, 2.45) is 10.7 Å². The number of ketones is 1. The third-order valence-corrected chi connectivity index (χ3v) is 5.47. The summed E-state index contributed by atoms with van der Waals surface area (Å²) in [6.45, 7) is 3.22. The van der Waals surface area contributed by atoms with Gasteiger partial charge in [0.15, 0.2) is 11.3 Å². The Kier molecular flexibility index (Phi) is 5.68. The van der Waals surface area contributed by atoms with Crippen LogP contribution in [0.3, 0.4) is 0 Å². The number of benzene rings is 1. The van der Waals surface area contributed by atoms with Crippen molar-refractivity contribution in [2.75, 3.05) is 6.61 Å². The summed E-state index contributed by atoms with van der Waals surface area (Å²) in [5.41, 5.74) is 1.57. The van der Waals surface area contributed by atoms with Gasteiger partial charge in [-0.05, 0) is 50.6 Å². The van der Waals surface area contributed by atoms with Crippen molar-refractivity contribution >= 4 is 23.2 Å². The molecule has 2 N–H and O–H groups in total. The summed E-state index contributed by atoms with van der Waals surface area (Å²) >= 11 is 5.77. The number of pyridine rings is 1. The van der Waals surface area contributed by atoms with Crippen LogP contribution in [0.5, 0.6) is 0 Å². The zero-order chi connectivity index (χ0) is 22.3. The number of nitrogens with two attached hydrogens (primary N) is 1. The van der Waals surface area contributed by atoms with E-state index in [1.807, 2.05) is 0 Å². The minimum absolute atomic E-state index is 0.160. The molecule has 0 saturated carbocycles. The van der Waals surface area contributed by atoms with E-state index in [4.69, 9.17) is 22.1 Å². The molecule has 0 unspecified atom stereocenters. The first-order valence-corrected chi connectivity index (χ1v) is 9.55. The number of carbonyl (C=O) groups excluding carboxylic acids is 1. The third-order valence-electron chi connectivity index (χ3n) is 5.25. The lowest BCUT2D eigenvalue weighted by atomic mass is 9.77. The molecule has 2 heterocycles. The average Bonchev–Trinajstić information content (AvgIpc) is 2.73. The van der Waals surface area contributed by atoms with Gasteiger partial charge in [-0.2, -0.15) is 0 Å². The van der Waals surface area contributed by atoms with Crippen LogP contribution in [0, 0.1) is 5.82 Å². The molecule has 0 spiro atoms. The normalized spacial score (nSPS) is 22.8. The first kappa shape index (κ1) is 22.2. The van der Waals surface area contributed by atoms with Gasteiger partial charge in [-0.25, -0.2) is 13.2 Å². The highest BCUT2D eigenvalue weighted by molar-refractivity contribution is 6.30. The molecular weight excluding hydrogens is 419 g/mol. The number of aromatic nitrogens is 1.